The van der Waals surface area contributed by atoms with Gasteiger partial charge in [-0.15, -0.1) is 0 Å². The molecule has 2 N–H and O–H groups in total. The molecule has 0 amide bonds. The minimum Gasteiger partial charge on any atom is -0.392 e. The molecular weight excluding hydrogens is 265 g/mol. The van der Waals surface area contributed by atoms with Gasteiger partial charge in [-0.1, -0.05) is 35.9 Å². The quantitative estimate of drug-likeness (QED) is 0.725. The highest BCUT2D eigenvalue weighted by Gasteiger charge is 2.17. The van der Waals surface area contributed by atoms with Crippen molar-refractivity contribution in [2.75, 3.05) is 0 Å². The van der Waals surface area contributed by atoms with Gasteiger partial charge in [0.15, 0.2) is 0 Å². The lowest BCUT2D eigenvalue weighted by atomic mass is 10.1. The maximum atomic E-state index is 14.0. The Kier molecular flexibility index (Phi) is 3.01. The molecule has 96 valence electrons. The van der Waals surface area contributed by atoms with Crippen LogP contribution in [0.2, 0.25) is 5.02 Å². The molecule has 1 aromatic heterocycles. The van der Waals surface area contributed by atoms with E-state index in [1.165, 1.54) is 6.07 Å². The van der Waals surface area contributed by atoms with Crippen molar-refractivity contribution >= 4 is 22.5 Å². The maximum Gasteiger partial charge on any atom is 0.134 e. The summed E-state index contributed by atoms with van der Waals surface area (Å²) in [5.74, 6) is -0.409. The Balaban J connectivity index is 2.37. The summed E-state index contributed by atoms with van der Waals surface area (Å²) in [7, 11) is 0. The molecule has 2 aromatic carbocycles. The molecular formula is C15H11ClFNO. The first-order valence-corrected chi connectivity index (χ1v) is 6.25. The van der Waals surface area contributed by atoms with Crippen LogP contribution in [0.5, 0.6) is 0 Å². The van der Waals surface area contributed by atoms with E-state index in [1.54, 1.807) is 12.1 Å². The predicted octanol–water partition coefficient (Wildman–Crippen LogP) is 4.12. The lowest BCUT2D eigenvalue weighted by Crippen LogP contribution is -1.91. The van der Waals surface area contributed by atoms with Crippen LogP contribution in [0.15, 0.2) is 42.5 Å². The molecule has 4 heteroatoms. The Morgan fingerprint density at radius 1 is 1.11 bits per heavy atom. The van der Waals surface area contributed by atoms with Crippen LogP contribution in [0.3, 0.4) is 0 Å². The highest BCUT2D eigenvalue weighted by molar-refractivity contribution is 6.33. The minimum absolute atomic E-state index is 0.177. The van der Waals surface area contributed by atoms with Crippen molar-refractivity contribution in [1.29, 1.82) is 0 Å². The van der Waals surface area contributed by atoms with Crippen molar-refractivity contribution in [2.24, 2.45) is 0 Å². The Bertz CT molecular complexity index is 731. The fourth-order valence-corrected chi connectivity index (χ4v) is 2.57. The van der Waals surface area contributed by atoms with Crippen molar-refractivity contribution in [3.8, 4) is 11.3 Å². The lowest BCUT2D eigenvalue weighted by molar-refractivity contribution is 0.284. The largest absolute Gasteiger partial charge is 0.392 e. The van der Waals surface area contributed by atoms with Gasteiger partial charge in [0.05, 0.1) is 22.9 Å². The van der Waals surface area contributed by atoms with Crippen LogP contribution >= 0.6 is 11.6 Å². The molecule has 0 saturated heterocycles. The molecule has 0 fully saturated rings. The molecule has 3 aromatic rings. The van der Waals surface area contributed by atoms with Crippen LogP contribution in [0.25, 0.3) is 22.2 Å². The van der Waals surface area contributed by atoms with Gasteiger partial charge in [-0.2, -0.15) is 0 Å². The molecule has 0 bridgehead atoms. The molecule has 0 radical (unpaired) electrons. The molecule has 19 heavy (non-hydrogen) atoms. The van der Waals surface area contributed by atoms with E-state index < -0.39 is 5.82 Å². The number of aromatic nitrogens is 1. The fourth-order valence-electron chi connectivity index (χ4n) is 2.31. The highest BCUT2D eigenvalue weighted by Crippen LogP contribution is 2.35. The fraction of sp³-hybridized carbons (Fsp3) is 0.0667. The van der Waals surface area contributed by atoms with Gasteiger partial charge in [-0.05, 0) is 18.2 Å². The standard InChI is InChI=1S/C15H11ClFNO/c16-11-5-3-6-12(17)14(11)15-10(8-19)9-4-1-2-7-13(9)18-15/h1-7,18-19H,8H2. The number of aliphatic hydroxyl groups is 1. The van der Waals surface area contributed by atoms with Gasteiger partial charge in [0.1, 0.15) is 5.82 Å². The highest BCUT2D eigenvalue weighted by atomic mass is 35.5. The van der Waals surface area contributed by atoms with Crippen LogP contribution in [-0.2, 0) is 6.61 Å². The number of hydrogen-bond acceptors (Lipinski definition) is 1. The maximum absolute atomic E-state index is 14.0. The molecule has 0 spiro atoms. The summed E-state index contributed by atoms with van der Waals surface area (Å²) in [6, 6.07) is 12.1. The van der Waals surface area contributed by atoms with Crippen LogP contribution in [0.1, 0.15) is 5.56 Å². The predicted molar refractivity (Wildman–Crippen MR) is 74.6 cm³/mol. The zero-order valence-corrected chi connectivity index (χ0v) is 10.7. The third kappa shape index (κ3) is 1.91. The van der Waals surface area contributed by atoms with E-state index in [2.05, 4.69) is 4.98 Å². The van der Waals surface area contributed by atoms with Gasteiger partial charge >= 0.3 is 0 Å². The molecule has 0 atom stereocenters. The summed E-state index contributed by atoms with van der Waals surface area (Å²) in [5.41, 5.74) is 2.33. The Hall–Kier alpha value is -1.84. The first-order valence-electron chi connectivity index (χ1n) is 5.87. The summed E-state index contributed by atoms with van der Waals surface area (Å²) in [4.78, 5) is 3.13. The first-order chi connectivity index (χ1) is 9.22. The second kappa shape index (κ2) is 4.68. The summed E-state index contributed by atoms with van der Waals surface area (Å²) >= 11 is 6.08. The number of hydrogen-bond donors (Lipinski definition) is 2. The monoisotopic (exact) mass is 275 g/mol. The smallest absolute Gasteiger partial charge is 0.134 e. The van der Waals surface area contributed by atoms with Crippen molar-refractivity contribution in [1.82, 2.24) is 4.98 Å². The number of H-pyrrole nitrogens is 1. The molecule has 0 saturated carbocycles. The Morgan fingerprint density at radius 2 is 1.89 bits per heavy atom. The summed E-state index contributed by atoms with van der Waals surface area (Å²) in [6.07, 6.45) is 0. The van der Waals surface area contributed by atoms with Crippen molar-refractivity contribution < 1.29 is 9.50 Å². The average molecular weight is 276 g/mol. The number of nitrogens with one attached hydrogen (secondary N) is 1. The Morgan fingerprint density at radius 3 is 2.63 bits per heavy atom. The lowest BCUT2D eigenvalue weighted by Gasteiger charge is -2.06. The molecule has 2 nitrogen and oxygen atoms in total. The molecule has 3 rings (SSSR count). The summed E-state index contributed by atoms with van der Waals surface area (Å²) in [5, 5.41) is 10.8. The van der Waals surface area contributed by atoms with Crippen LogP contribution < -0.4 is 0 Å². The van der Waals surface area contributed by atoms with Crippen molar-refractivity contribution in [2.45, 2.75) is 6.61 Å². The molecule has 0 aliphatic carbocycles. The van der Waals surface area contributed by atoms with Gasteiger partial charge < -0.3 is 10.1 Å². The molecule has 0 unspecified atom stereocenters. The van der Waals surface area contributed by atoms with Crippen LogP contribution in [0.4, 0.5) is 4.39 Å². The van der Waals surface area contributed by atoms with Crippen LogP contribution in [-0.4, -0.2) is 10.1 Å². The van der Waals surface area contributed by atoms with E-state index in [-0.39, 0.29) is 6.61 Å². The second-order valence-electron chi connectivity index (χ2n) is 4.28. The molecule has 0 aliphatic heterocycles. The first kappa shape index (κ1) is 12.2. The second-order valence-corrected chi connectivity index (χ2v) is 4.69. The van der Waals surface area contributed by atoms with Gasteiger partial charge in [0.25, 0.3) is 0 Å². The van der Waals surface area contributed by atoms with E-state index in [1.807, 2.05) is 24.3 Å². The number of para-hydroxylation sites is 1. The van der Waals surface area contributed by atoms with E-state index in [0.29, 0.717) is 21.8 Å². The molecule has 0 aliphatic rings. The van der Waals surface area contributed by atoms with Crippen molar-refractivity contribution in [3.63, 3.8) is 0 Å². The molecule has 1 heterocycles. The SMILES string of the molecule is OCc1c(-c2c(F)cccc2Cl)[nH]c2ccccc12. The normalized spacial score (nSPS) is 11.1. The minimum atomic E-state index is -0.409. The number of rotatable bonds is 2. The Labute approximate surface area is 114 Å². The number of aliphatic hydroxyl groups excluding tert-OH is 1. The van der Waals surface area contributed by atoms with Gasteiger partial charge in [-0.25, -0.2) is 4.39 Å². The average Bonchev–Trinajstić information content (AvgIpc) is 2.76. The van der Waals surface area contributed by atoms with Gasteiger partial charge in [0, 0.05) is 16.5 Å². The number of fused-ring (bicyclic) bond motifs is 1. The van der Waals surface area contributed by atoms with Gasteiger partial charge in [-0.3, -0.25) is 0 Å². The van der Waals surface area contributed by atoms with E-state index >= 15 is 0 Å². The third-order valence-corrected chi connectivity index (χ3v) is 3.50. The zero-order valence-electron chi connectivity index (χ0n) is 9.95. The van der Waals surface area contributed by atoms with Crippen molar-refractivity contribution in [3.05, 3.63) is 58.9 Å². The van der Waals surface area contributed by atoms with Crippen LogP contribution in [0, 0.1) is 5.82 Å². The van der Waals surface area contributed by atoms with Gasteiger partial charge in [0.2, 0.25) is 0 Å². The topological polar surface area (TPSA) is 36.0 Å². The van der Waals surface area contributed by atoms with E-state index in [4.69, 9.17) is 11.6 Å². The number of aromatic amines is 1. The number of benzene rings is 2. The third-order valence-electron chi connectivity index (χ3n) is 3.18. The van der Waals surface area contributed by atoms with E-state index in [0.717, 1.165) is 10.9 Å². The number of halogens is 2. The zero-order chi connectivity index (χ0) is 13.4. The summed E-state index contributed by atoms with van der Waals surface area (Å²) < 4.78 is 14.0. The summed E-state index contributed by atoms with van der Waals surface area (Å²) in [6.45, 7) is -0.177. The van der Waals surface area contributed by atoms with E-state index in [9.17, 15) is 9.50 Å².